The Bertz CT molecular complexity index is 847. The molecule has 0 fully saturated rings. The predicted octanol–water partition coefficient (Wildman–Crippen LogP) is 0.707. The molecule has 0 radical (unpaired) electrons. The van der Waals surface area contributed by atoms with Gasteiger partial charge >= 0.3 is 0 Å². The first-order valence-corrected chi connectivity index (χ1v) is 8.42. The molecule has 1 amide bonds. The smallest absolute Gasteiger partial charge is 0.266 e. The number of carbonyl (C=O) groups excluding carboxylic acids is 1. The van der Waals surface area contributed by atoms with Crippen molar-refractivity contribution in [3.05, 3.63) is 40.7 Å². The second-order valence-corrected chi connectivity index (χ2v) is 6.25. The van der Waals surface area contributed by atoms with Crippen LogP contribution in [0.4, 0.5) is 0 Å². The fourth-order valence-electron chi connectivity index (χ4n) is 2.53. The van der Waals surface area contributed by atoms with Gasteiger partial charge in [0.15, 0.2) is 11.5 Å². The molecule has 0 saturated heterocycles. The van der Waals surface area contributed by atoms with Crippen molar-refractivity contribution >= 4 is 5.91 Å². The van der Waals surface area contributed by atoms with E-state index >= 15 is 0 Å². The molecule has 1 aromatic heterocycles. The molecule has 0 atom stereocenters. The Kier molecular flexibility index (Phi) is 5.52. The van der Waals surface area contributed by atoms with Crippen LogP contribution in [0.25, 0.3) is 11.3 Å². The van der Waals surface area contributed by atoms with Gasteiger partial charge in [-0.05, 0) is 38.4 Å². The quantitative estimate of drug-likeness (QED) is 0.784. The van der Waals surface area contributed by atoms with Crippen LogP contribution in [0, 0.1) is 0 Å². The average Bonchev–Trinajstić information content (AvgIpc) is 3.08. The van der Waals surface area contributed by atoms with Crippen LogP contribution < -0.4 is 20.3 Å². The molecule has 0 unspecified atom stereocenters. The number of ether oxygens (including phenoxy) is 2. The number of hydrogen-bond acceptors (Lipinski definition) is 6. The van der Waals surface area contributed by atoms with Crippen LogP contribution in [0.5, 0.6) is 11.5 Å². The summed E-state index contributed by atoms with van der Waals surface area (Å²) in [6, 6.07) is 8.61. The molecule has 2 heterocycles. The number of hydrogen-bond donors (Lipinski definition) is 1. The molecule has 0 saturated carbocycles. The summed E-state index contributed by atoms with van der Waals surface area (Å²) in [4.78, 5) is 25.9. The fraction of sp³-hybridized carbons (Fsp3) is 0.389. The maximum atomic E-state index is 12.0. The lowest BCUT2D eigenvalue weighted by molar-refractivity contribution is -0.121. The van der Waals surface area contributed by atoms with Crippen LogP contribution in [0.2, 0.25) is 0 Å². The molecule has 1 aliphatic rings. The molecule has 1 aliphatic heterocycles. The Morgan fingerprint density at radius 1 is 1.23 bits per heavy atom. The zero-order chi connectivity index (χ0) is 18.5. The number of likely N-dealkylation sites (N-methyl/N-ethyl adjacent to an activating group) is 1. The number of aromatic nitrogens is 2. The SMILES string of the molecule is CN(C)CCNC(=O)CCn1nc(-c2ccc3c(c2)OCO3)ccc1=O. The van der Waals surface area contributed by atoms with Crippen molar-refractivity contribution in [3.8, 4) is 22.8 Å². The van der Waals surface area contributed by atoms with E-state index in [1.165, 1.54) is 10.7 Å². The van der Waals surface area contributed by atoms with Crippen LogP contribution in [-0.2, 0) is 11.3 Å². The van der Waals surface area contributed by atoms with Gasteiger partial charge in [0.05, 0.1) is 12.2 Å². The minimum atomic E-state index is -0.240. The Labute approximate surface area is 151 Å². The first-order valence-electron chi connectivity index (χ1n) is 8.42. The molecule has 1 N–H and O–H groups in total. The highest BCUT2D eigenvalue weighted by Gasteiger charge is 2.15. The standard InChI is InChI=1S/C18H22N4O4/c1-21(2)10-8-19-17(23)7-9-22-18(24)6-4-14(20-22)13-3-5-15-16(11-13)26-12-25-15/h3-6,11H,7-10,12H2,1-2H3,(H,19,23). The molecule has 26 heavy (non-hydrogen) atoms. The Morgan fingerprint density at radius 2 is 2.04 bits per heavy atom. The second-order valence-electron chi connectivity index (χ2n) is 6.25. The van der Waals surface area contributed by atoms with Gasteiger partial charge in [0.1, 0.15) is 0 Å². The Balaban J connectivity index is 1.66. The highest BCUT2D eigenvalue weighted by Crippen LogP contribution is 2.35. The monoisotopic (exact) mass is 358 g/mol. The zero-order valence-electron chi connectivity index (χ0n) is 14.9. The number of amides is 1. The van der Waals surface area contributed by atoms with E-state index in [0.717, 1.165) is 12.1 Å². The fourth-order valence-corrected chi connectivity index (χ4v) is 2.53. The largest absolute Gasteiger partial charge is 0.454 e. The van der Waals surface area contributed by atoms with Crippen LogP contribution >= 0.6 is 0 Å². The van der Waals surface area contributed by atoms with E-state index in [1.54, 1.807) is 6.07 Å². The summed E-state index contributed by atoms with van der Waals surface area (Å²) < 4.78 is 12.0. The van der Waals surface area contributed by atoms with Gasteiger partial charge in [0, 0.05) is 31.1 Å². The number of benzene rings is 1. The maximum Gasteiger partial charge on any atom is 0.266 e. The van der Waals surface area contributed by atoms with Crippen LogP contribution in [-0.4, -0.2) is 54.6 Å². The van der Waals surface area contributed by atoms with Crippen LogP contribution in [0.1, 0.15) is 6.42 Å². The van der Waals surface area contributed by atoms with E-state index in [-0.39, 0.29) is 31.2 Å². The number of nitrogens with zero attached hydrogens (tertiary/aromatic N) is 3. The van der Waals surface area contributed by atoms with Gasteiger partial charge in [0.2, 0.25) is 12.7 Å². The van der Waals surface area contributed by atoms with Crippen molar-refractivity contribution < 1.29 is 14.3 Å². The number of rotatable bonds is 7. The van der Waals surface area contributed by atoms with Gasteiger partial charge in [-0.2, -0.15) is 5.10 Å². The summed E-state index contributed by atoms with van der Waals surface area (Å²) in [5.41, 5.74) is 1.21. The number of carbonyl (C=O) groups is 1. The summed E-state index contributed by atoms with van der Waals surface area (Å²) in [5, 5.41) is 7.19. The minimum Gasteiger partial charge on any atom is -0.454 e. The zero-order valence-corrected chi connectivity index (χ0v) is 14.9. The topological polar surface area (TPSA) is 85.7 Å². The molecular weight excluding hydrogens is 336 g/mol. The third-order valence-electron chi connectivity index (χ3n) is 3.97. The molecule has 0 spiro atoms. The summed E-state index contributed by atoms with van der Waals surface area (Å²) in [6.07, 6.45) is 0.199. The molecule has 2 aromatic rings. The van der Waals surface area contributed by atoms with Crippen LogP contribution in [0.3, 0.4) is 0 Å². The Hall–Kier alpha value is -2.87. The normalized spacial score (nSPS) is 12.4. The summed E-state index contributed by atoms with van der Waals surface area (Å²) >= 11 is 0. The van der Waals surface area contributed by atoms with E-state index in [9.17, 15) is 9.59 Å². The van der Waals surface area contributed by atoms with Crippen molar-refractivity contribution in [1.29, 1.82) is 0 Å². The number of fused-ring (bicyclic) bond motifs is 1. The molecule has 1 aromatic carbocycles. The van der Waals surface area contributed by atoms with Crippen molar-refractivity contribution in [2.45, 2.75) is 13.0 Å². The molecule has 3 rings (SSSR count). The van der Waals surface area contributed by atoms with Gasteiger partial charge in [-0.15, -0.1) is 0 Å². The van der Waals surface area contributed by atoms with Crippen molar-refractivity contribution in [3.63, 3.8) is 0 Å². The van der Waals surface area contributed by atoms with Crippen molar-refractivity contribution in [2.75, 3.05) is 34.0 Å². The van der Waals surface area contributed by atoms with Crippen molar-refractivity contribution in [1.82, 2.24) is 20.0 Å². The van der Waals surface area contributed by atoms with Crippen molar-refractivity contribution in [2.24, 2.45) is 0 Å². The molecule has 0 aliphatic carbocycles. The first-order chi connectivity index (χ1) is 12.5. The number of aryl methyl sites for hydroxylation is 1. The summed E-state index contributed by atoms with van der Waals surface area (Å²) in [5.74, 6) is 1.24. The lowest BCUT2D eigenvalue weighted by atomic mass is 10.1. The Morgan fingerprint density at radius 3 is 2.85 bits per heavy atom. The molecule has 138 valence electrons. The van der Waals surface area contributed by atoms with E-state index in [0.29, 0.717) is 23.7 Å². The van der Waals surface area contributed by atoms with E-state index < -0.39 is 0 Å². The lowest BCUT2D eigenvalue weighted by Crippen LogP contribution is -2.33. The lowest BCUT2D eigenvalue weighted by Gasteiger charge is -2.11. The third-order valence-corrected chi connectivity index (χ3v) is 3.97. The van der Waals surface area contributed by atoms with E-state index in [4.69, 9.17) is 9.47 Å². The minimum absolute atomic E-state index is 0.103. The maximum absolute atomic E-state index is 12.0. The third kappa shape index (κ3) is 4.40. The van der Waals surface area contributed by atoms with E-state index in [1.807, 2.05) is 37.2 Å². The van der Waals surface area contributed by atoms with E-state index in [2.05, 4.69) is 10.4 Å². The average molecular weight is 358 g/mol. The summed E-state index contributed by atoms with van der Waals surface area (Å²) in [7, 11) is 3.88. The predicted molar refractivity (Wildman–Crippen MR) is 96.2 cm³/mol. The summed E-state index contributed by atoms with van der Waals surface area (Å²) in [6.45, 7) is 1.77. The molecular formula is C18H22N4O4. The number of nitrogens with one attached hydrogen (secondary N) is 1. The highest BCUT2D eigenvalue weighted by atomic mass is 16.7. The second kappa shape index (κ2) is 8.01. The molecule has 0 bridgehead atoms. The van der Waals surface area contributed by atoms with Crippen LogP contribution in [0.15, 0.2) is 35.1 Å². The van der Waals surface area contributed by atoms with Gasteiger partial charge in [-0.1, -0.05) is 0 Å². The van der Waals surface area contributed by atoms with Gasteiger partial charge in [0.25, 0.3) is 5.56 Å². The van der Waals surface area contributed by atoms with Gasteiger partial charge in [-0.3, -0.25) is 9.59 Å². The molecule has 8 nitrogen and oxygen atoms in total. The molecule has 8 heteroatoms. The van der Waals surface area contributed by atoms with Gasteiger partial charge < -0.3 is 19.7 Å². The highest BCUT2D eigenvalue weighted by molar-refractivity contribution is 5.75. The van der Waals surface area contributed by atoms with Gasteiger partial charge in [-0.25, -0.2) is 4.68 Å². The first kappa shape index (κ1) is 17.9.